The third-order valence-electron chi connectivity index (χ3n) is 2.86. The molecule has 0 aliphatic carbocycles. The van der Waals surface area contributed by atoms with Gasteiger partial charge in [-0.25, -0.2) is 4.98 Å². The zero-order chi connectivity index (χ0) is 12.1. The smallest absolute Gasteiger partial charge is 0.117 e. The monoisotopic (exact) mass is 233 g/mol. The molecule has 1 N–H and O–H groups in total. The first-order chi connectivity index (χ1) is 8.31. The standard InChI is InChI=1S/C13H19N3O/c1-3-13-15-6-7-16(13)11(2)9-14-10-12-5-4-8-17-12/h4-8,11,14H,3,9-10H2,1-2H3. The predicted octanol–water partition coefficient (Wildman–Crippen LogP) is 2.39. The fourth-order valence-electron chi connectivity index (χ4n) is 1.93. The molecule has 1 unspecified atom stereocenters. The Bertz CT molecular complexity index is 433. The van der Waals surface area contributed by atoms with E-state index in [0.29, 0.717) is 6.04 Å². The summed E-state index contributed by atoms with van der Waals surface area (Å²) < 4.78 is 7.49. The number of hydrogen-bond acceptors (Lipinski definition) is 3. The number of aryl methyl sites for hydroxylation is 1. The largest absolute Gasteiger partial charge is 0.468 e. The molecule has 0 spiro atoms. The van der Waals surface area contributed by atoms with Crippen LogP contribution in [0.4, 0.5) is 0 Å². The number of nitrogens with zero attached hydrogens (tertiary/aromatic N) is 2. The summed E-state index contributed by atoms with van der Waals surface area (Å²) >= 11 is 0. The van der Waals surface area contributed by atoms with Gasteiger partial charge in [-0.15, -0.1) is 0 Å². The van der Waals surface area contributed by atoms with E-state index in [4.69, 9.17) is 4.42 Å². The van der Waals surface area contributed by atoms with Crippen LogP contribution in [-0.2, 0) is 13.0 Å². The highest BCUT2D eigenvalue weighted by Crippen LogP contribution is 2.09. The first-order valence-electron chi connectivity index (χ1n) is 6.06. The van der Waals surface area contributed by atoms with Crippen LogP contribution >= 0.6 is 0 Å². The van der Waals surface area contributed by atoms with Gasteiger partial charge in [0.1, 0.15) is 11.6 Å². The summed E-state index contributed by atoms with van der Waals surface area (Å²) in [6, 6.07) is 4.29. The van der Waals surface area contributed by atoms with Gasteiger partial charge >= 0.3 is 0 Å². The molecule has 0 radical (unpaired) electrons. The van der Waals surface area contributed by atoms with E-state index in [2.05, 4.69) is 28.7 Å². The van der Waals surface area contributed by atoms with E-state index < -0.39 is 0 Å². The molecule has 4 heteroatoms. The maximum atomic E-state index is 5.27. The first kappa shape index (κ1) is 11.9. The Morgan fingerprint density at radius 1 is 1.53 bits per heavy atom. The minimum Gasteiger partial charge on any atom is -0.468 e. The van der Waals surface area contributed by atoms with Gasteiger partial charge in [-0.1, -0.05) is 6.92 Å². The number of nitrogens with one attached hydrogen (secondary N) is 1. The Hall–Kier alpha value is -1.55. The van der Waals surface area contributed by atoms with Gasteiger partial charge in [0.2, 0.25) is 0 Å². The van der Waals surface area contributed by atoms with Crippen LogP contribution in [-0.4, -0.2) is 16.1 Å². The average Bonchev–Trinajstić information content (AvgIpc) is 2.99. The lowest BCUT2D eigenvalue weighted by Crippen LogP contribution is -2.23. The molecule has 2 rings (SSSR count). The van der Waals surface area contributed by atoms with Crippen molar-refractivity contribution < 1.29 is 4.42 Å². The predicted molar refractivity (Wildman–Crippen MR) is 66.7 cm³/mol. The summed E-state index contributed by atoms with van der Waals surface area (Å²) in [6.07, 6.45) is 6.57. The lowest BCUT2D eigenvalue weighted by molar-refractivity contribution is 0.441. The van der Waals surface area contributed by atoms with Gasteiger partial charge in [0.25, 0.3) is 0 Å². The number of imidazole rings is 1. The summed E-state index contributed by atoms with van der Waals surface area (Å²) in [4.78, 5) is 4.33. The third-order valence-corrected chi connectivity index (χ3v) is 2.86. The van der Waals surface area contributed by atoms with E-state index in [1.807, 2.05) is 24.5 Å². The maximum Gasteiger partial charge on any atom is 0.117 e. The SMILES string of the molecule is CCc1nccn1C(C)CNCc1ccco1. The second-order valence-electron chi connectivity index (χ2n) is 4.16. The Labute approximate surface area is 102 Å². The van der Waals surface area contributed by atoms with Crippen LogP contribution in [0.2, 0.25) is 0 Å². The molecule has 0 saturated carbocycles. The average molecular weight is 233 g/mol. The molecule has 0 bridgehead atoms. The van der Waals surface area contributed by atoms with E-state index in [1.165, 1.54) is 0 Å². The molecule has 0 aromatic carbocycles. The van der Waals surface area contributed by atoms with E-state index in [9.17, 15) is 0 Å². The van der Waals surface area contributed by atoms with Gasteiger partial charge in [0.15, 0.2) is 0 Å². The van der Waals surface area contributed by atoms with Crippen LogP contribution in [0.5, 0.6) is 0 Å². The quantitative estimate of drug-likeness (QED) is 0.833. The van der Waals surface area contributed by atoms with Crippen LogP contribution in [0.3, 0.4) is 0 Å². The van der Waals surface area contributed by atoms with Gasteiger partial charge in [-0.05, 0) is 19.1 Å². The van der Waals surface area contributed by atoms with Gasteiger partial charge in [0.05, 0.1) is 12.8 Å². The van der Waals surface area contributed by atoms with E-state index >= 15 is 0 Å². The van der Waals surface area contributed by atoms with Crippen LogP contribution in [0.25, 0.3) is 0 Å². The Kier molecular flexibility index (Phi) is 3.98. The number of hydrogen-bond donors (Lipinski definition) is 1. The summed E-state index contributed by atoms with van der Waals surface area (Å²) in [7, 11) is 0. The Balaban J connectivity index is 1.83. The molecule has 0 aliphatic heterocycles. The molecular formula is C13H19N3O. The zero-order valence-electron chi connectivity index (χ0n) is 10.4. The van der Waals surface area contributed by atoms with Crippen molar-refractivity contribution in [3.8, 4) is 0 Å². The molecular weight excluding hydrogens is 214 g/mol. The van der Waals surface area contributed by atoms with Crippen LogP contribution < -0.4 is 5.32 Å². The topological polar surface area (TPSA) is 43.0 Å². The fraction of sp³-hybridized carbons (Fsp3) is 0.462. The third kappa shape index (κ3) is 2.97. The van der Waals surface area contributed by atoms with Crippen molar-refractivity contribution in [2.75, 3.05) is 6.54 Å². The van der Waals surface area contributed by atoms with Gasteiger partial charge in [0, 0.05) is 31.4 Å². The molecule has 2 aromatic rings. The summed E-state index contributed by atoms with van der Waals surface area (Å²) in [5.74, 6) is 2.11. The fourth-order valence-corrected chi connectivity index (χ4v) is 1.93. The second kappa shape index (κ2) is 5.68. The number of rotatable bonds is 6. The van der Waals surface area contributed by atoms with Crippen molar-refractivity contribution in [3.63, 3.8) is 0 Å². The van der Waals surface area contributed by atoms with Crippen LogP contribution in [0, 0.1) is 0 Å². The molecule has 17 heavy (non-hydrogen) atoms. The Morgan fingerprint density at radius 2 is 2.41 bits per heavy atom. The number of aromatic nitrogens is 2. The van der Waals surface area contributed by atoms with Crippen molar-refractivity contribution in [2.45, 2.75) is 32.9 Å². The zero-order valence-corrected chi connectivity index (χ0v) is 10.4. The summed E-state index contributed by atoms with van der Waals surface area (Å²) in [5, 5.41) is 3.38. The molecule has 0 fully saturated rings. The van der Waals surface area contributed by atoms with Crippen molar-refractivity contribution in [1.29, 1.82) is 0 Å². The van der Waals surface area contributed by atoms with Crippen LogP contribution in [0.1, 0.15) is 31.5 Å². The highest BCUT2D eigenvalue weighted by atomic mass is 16.3. The highest BCUT2D eigenvalue weighted by molar-refractivity contribution is 4.98. The highest BCUT2D eigenvalue weighted by Gasteiger charge is 2.08. The summed E-state index contributed by atoms with van der Waals surface area (Å²) in [6.45, 7) is 6.00. The first-order valence-corrected chi connectivity index (χ1v) is 6.06. The van der Waals surface area contributed by atoms with E-state index in [0.717, 1.165) is 31.1 Å². The van der Waals surface area contributed by atoms with E-state index in [1.54, 1.807) is 6.26 Å². The lowest BCUT2D eigenvalue weighted by atomic mass is 10.3. The van der Waals surface area contributed by atoms with Crippen molar-refractivity contribution in [2.24, 2.45) is 0 Å². The second-order valence-corrected chi connectivity index (χ2v) is 4.16. The van der Waals surface area contributed by atoms with Crippen LogP contribution in [0.15, 0.2) is 35.2 Å². The molecule has 92 valence electrons. The normalized spacial score (nSPS) is 12.8. The number of furan rings is 1. The Morgan fingerprint density at radius 3 is 3.12 bits per heavy atom. The van der Waals surface area contributed by atoms with Crippen molar-refractivity contribution >= 4 is 0 Å². The van der Waals surface area contributed by atoms with Gasteiger partial charge in [-0.2, -0.15) is 0 Å². The minimum absolute atomic E-state index is 0.405. The molecule has 1 atom stereocenters. The molecule has 0 amide bonds. The van der Waals surface area contributed by atoms with Gasteiger partial charge in [-0.3, -0.25) is 0 Å². The summed E-state index contributed by atoms with van der Waals surface area (Å²) in [5.41, 5.74) is 0. The van der Waals surface area contributed by atoms with Gasteiger partial charge < -0.3 is 14.3 Å². The minimum atomic E-state index is 0.405. The molecule has 4 nitrogen and oxygen atoms in total. The molecule has 2 heterocycles. The van der Waals surface area contributed by atoms with E-state index in [-0.39, 0.29) is 0 Å². The van der Waals surface area contributed by atoms with Crippen molar-refractivity contribution in [1.82, 2.24) is 14.9 Å². The lowest BCUT2D eigenvalue weighted by Gasteiger charge is -2.16. The molecule has 0 saturated heterocycles. The maximum absolute atomic E-state index is 5.27. The van der Waals surface area contributed by atoms with Crippen molar-refractivity contribution in [3.05, 3.63) is 42.4 Å². The molecule has 0 aliphatic rings. The molecule has 2 aromatic heterocycles.